The van der Waals surface area contributed by atoms with E-state index in [-0.39, 0.29) is 6.04 Å². The summed E-state index contributed by atoms with van der Waals surface area (Å²) in [5.41, 5.74) is 2.09. The molecule has 1 N–H and O–H groups in total. The highest BCUT2D eigenvalue weighted by Gasteiger charge is 2.12. The van der Waals surface area contributed by atoms with Gasteiger partial charge in [0.25, 0.3) is 0 Å². The topological polar surface area (TPSA) is 42.7 Å². The van der Waals surface area contributed by atoms with Crippen LogP contribution in [0.2, 0.25) is 0 Å². The van der Waals surface area contributed by atoms with Crippen LogP contribution in [0, 0.1) is 11.6 Å². The fourth-order valence-corrected chi connectivity index (χ4v) is 2.09. The van der Waals surface area contributed by atoms with Gasteiger partial charge in [-0.25, -0.2) is 13.5 Å². The van der Waals surface area contributed by atoms with Crippen LogP contribution in [0.25, 0.3) is 5.69 Å². The molecule has 2 aromatic carbocycles. The van der Waals surface area contributed by atoms with Gasteiger partial charge in [0, 0.05) is 11.8 Å². The summed E-state index contributed by atoms with van der Waals surface area (Å²) in [6.07, 6.45) is 1.80. The zero-order valence-electron chi connectivity index (χ0n) is 11.9. The van der Waals surface area contributed by atoms with Crippen molar-refractivity contribution in [1.82, 2.24) is 15.0 Å². The fraction of sp³-hybridized carbons (Fsp3) is 0.125. The number of nitrogens with one attached hydrogen (secondary N) is 1. The van der Waals surface area contributed by atoms with Crippen molar-refractivity contribution in [2.45, 2.75) is 13.0 Å². The van der Waals surface area contributed by atoms with Gasteiger partial charge in [0.05, 0.1) is 17.9 Å². The minimum Gasteiger partial charge on any atom is -0.377 e. The Morgan fingerprint density at radius 1 is 1.05 bits per heavy atom. The van der Waals surface area contributed by atoms with Gasteiger partial charge in [-0.1, -0.05) is 23.4 Å². The van der Waals surface area contributed by atoms with E-state index in [9.17, 15) is 8.78 Å². The lowest BCUT2D eigenvalue weighted by Crippen LogP contribution is -2.07. The first-order valence-corrected chi connectivity index (χ1v) is 6.83. The van der Waals surface area contributed by atoms with Crippen molar-refractivity contribution in [2.75, 3.05) is 5.32 Å². The Labute approximate surface area is 126 Å². The van der Waals surface area contributed by atoms with Crippen LogP contribution in [-0.4, -0.2) is 15.0 Å². The molecule has 22 heavy (non-hydrogen) atoms. The third-order valence-electron chi connectivity index (χ3n) is 3.28. The first-order valence-electron chi connectivity index (χ1n) is 6.83. The van der Waals surface area contributed by atoms with Crippen LogP contribution in [0.3, 0.4) is 0 Å². The quantitative estimate of drug-likeness (QED) is 0.798. The monoisotopic (exact) mass is 300 g/mol. The molecule has 1 aromatic heterocycles. The van der Waals surface area contributed by atoms with Gasteiger partial charge in [-0.2, -0.15) is 0 Å². The smallest absolute Gasteiger partial charge is 0.160 e. The lowest BCUT2D eigenvalue weighted by molar-refractivity contribution is 0.509. The number of hydrogen-bond acceptors (Lipinski definition) is 3. The highest BCUT2D eigenvalue weighted by atomic mass is 19.2. The summed E-state index contributed by atoms with van der Waals surface area (Å²) in [6, 6.07) is 13.1. The summed E-state index contributed by atoms with van der Waals surface area (Å²) >= 11 is 0. The normalized spacial score (nSPS) is 12.1. The van der Waals surface area contributed by atoms with Crippen molar-refractivity contribution in [2.24, 2.45) is 0 Å². The Bertz CT molecular complexity index is 771. The molecule has 0 aliphatic carbocycles. The minimum absolute atomic E-state index is 0.192. The van der Waals surface area contributed by atoms with Crippen molar-refractivity contribution >= 4 is 5.69 Å². The van der Waals surface area contributed by atoms with Crippen LogP contribution >= 0.6 is 0 Å². The summed E-state index contributed by atoms with van der Waals surface area (Å²) in [5, 5.41) is 11.3. The number of aromatic nitrogens is 3. The summed E-state index contributed by atoms with van der Waals surface area (Å²) in [4.78, 5) is 0. The number of benzene rings is 2. The van der Waals surface area contributed by atoms with Crippen LogP contribution in [0.1, 0.15) is 18.7 Å². The Kier molecular flexibility index (Phi) is 3.82. The first kappa shape index (κ1) is 14.2. The van der Waals surface area contributed by atoms with Gasteiger partial charge >= 0.3 is 0 Å². The second kappa shape index (κ2) is 5.93. The first-order chi connectivity index (χ1) is 10.6. The maximum absolute atomic E-state index is 13.2. The van der Waals surface area contributed by atoms with E-state index < -0.39 is 11.6 Å². The van der Waals surface area contributed by atoms with E-state index in [2.05, 4.69) is 15.6 Å². The van der Waals surface area contributed by atoms with E-state index in [1.807, 2.05) is 37.3 Å². The molecule has 0 aliphatic heterocycles. The summed E-state index contributed by atoms with van der Waals surface area (Å²) < 4.78 is 27.8. The van der Waals surface area contributed by atoms with Crippen LogP contribution < -0.4 is 5.32 Å². The molecule has 1 unspecified atom stereocenters. The highest BCUT2D eigenvalue weighted by molar-refractivity contribution is 5.45. The highest BCUT2D eigenvalue weighted by Crippen LogP contribution is 2.20. The average Bonchev–Trinajstić information content (AvgIpc) is 3.02. The summed E-state index contributed by atoms with van der Waals surface area (Å²) in [5.74, 6) is -1.75. The van der Waals surface area contributed by atoms with Crippen LogP contribution in [0.5, 0.6) is 0 Å². The number of nitrogens with zero attached hydrogens (tertiary/aromatic N) is 3. The lowest BCUT2D eigenvalue weighted by Gasteiger charge is -2.12. The van der Waals surface area contributed by atoms with Crippen molar-refractivity contribution in [3.8, 4) is 5.69 Å². The standard InChI is InChI=1S/C16H14F2N4/c1-11(19-12-7-8-14(17)15(18)9-12)16-10-22(21-20-16)13-5-3-2-4-6-13/h2-11,19H,1H3. The number of rotatable bonds is 4. The van der Waals surface area contributed by atoms with Gasteiger partial charge in [0.15, 0.2) is 11.6 Å². The van der Waals surface area contributed by atoms with E-state index in [0.717, 1.165) is 17.8 Å². The average molecular weight is 300 g/mol. The SMILES string of the molecule is CC(Nc1ccc(F)c(F)c1)c1cn(-c2ccccc2)nn1. The second-order valence-electron chi connectivity index (χ2n) is 4.92. The largest absolute Gasteiger partial charge is 0.377 e. The predicted octanol–water partition coefficient (Wildman–Crippen LogP) is 3.72. The van der Waals surface area contributed by atoms with Crippen molar-refractivity contribution < 1.29 is 8.78 Å². The van der Waals surface area contributed by atoms with E-state index in [1.54, 1.807) is 10.9 Å². The Hall–Kier alpha value is -2.76. The molecule has 1 atom stereocenters. The molecule has 1 heterocycles. The Morgan fingerprint density at radius 2 is 1.82 bits per heavy atom. The summed E-state index contributed by atoms with van der Waals surface area (Å²) in [6.45, 7) is 1.88. The minimum atomic E-state index is -0.884. The molecule has 4 nitrogen and oxygen atoms in total. The zero-order valence-corrected chi connectivity index (χ0v) is 11.9. The molecule has 0 radical (unpaired) electrons. The van der Waals surface area contributed by atoms with Gasteiger partial charge in [0.1, 0.15) is 5.69 Å². The van der Waals surface area contributed by atoms with E-state index in [4.69, 9.17) is 0 Å². The number of para-hydroxylation sites is 1. The second-order valence-corrected chi connectivity index (χ2v) is 4.92. The maximum Gasteiger partial charge on any atom is 0.160 e. The van der Waals surface area contributed by atoms with Crippen molar-refractivity contribution in [1.29, 1.82) is 0 Å². The molecule has 112 valence electrons. The zero-order chi connectivity index (χ0) is 15.5. The molecular weight excluding hydrogens is 286 g/mol. The van der Waals surface area contributed by atoms with E-state index in [1.165, 1.54) is 6.07 Å². The van der Waals surface area contributed by atoms with Gasteiger partial charge in [0.2, 0.25) is 0 Å². The fourth-order valence-electron chi connectivity index (χ4n) is 2.09. The molecule has 3 aromatic rings. The van der Waals surface area contributed by atoms with Crippen molar-refractivity contribution in [3.05, 3.63) is 72.1 Å². The lowest BCUT2D eigenvalue weighted by atomic mass is 10.2. The third-order valence-corrected chi connectivity index (χ3v) is 3.28. The molecule has 6 heteroatoms. The van der Waals surface area contributed by atoms with Gasteiger partial charge in [-0.05, 0) is 31.2 Å². The molecular formula is C16H14F2N4. The number of anilines is 1. The predicted molar refractivity (Wildman–Crippen MR) is 79.8 cm³/mol. The molecule has 0 spiro atoms. The Morgan fingerprint density at radius 3 is 2.55 bits per heavy atom. The summed E-state index contributed by atoms with van der Waals surface area (Å²) in [7, 11) is 0. The van der Waals surface area contributed by atoms with Crippen molar-refractivity contribution in [3.63, 3.8) is 0 Å². The molecule has 0 saturated heterocycles. The van der Waals surface area contributed by atoms with E-state index in [0.29, 0.717) is 11.4 Å². The number of hydrogen-bond donors (Lipinski definition) is 1. The van der Waals surface area contributed by atoms with Crippen LogP contribution in [0.4, 0.5) is 14.5 Å². The van der Waals surface area contributed by atoms with Gasteiger partial charge < -0.3 is 5.32 Å². The van der Waals surface area contributed by atoms with Gasteiger partial charge in [-0.3, -0.25) is 0 Å². The molecule has 0 bridgehead atoms. The molecule has 0 fully saturated rings. The maximum atomic E-state index is 13.2. The molecule has 0 saturated carbocycles. The van der Waals surface area contributed by atoms with Crippen LogP contribution in [-0.2, 0) is 0 Å². The molecule has 3 rings (SSSR count). The van der Waals surface area contributed by atoms with Crippen LogP contribution in [0.15, 0.2) is 54.7 Å². The molecule has 0 amide bonds. The number of halogens is 2. The van der Waals surface area contributed by atoms with Gasteiger partial charge in [-0.15, -0.1) is 5.10 Å². The Balaban J connectivity index is 1.77. The molecule has 0 aliphatic rings. The van der Waals surface area contributed by atoms with E-state index >= 15 is 0 Å². The third kappa shape index (κ3) is 2.95.